The lowest BCUT2D eigenvalue weighted by atomic mass is 10.1. The van der Waals surface area contributed by atoms with Gasteiger partial charge in [0.15, 0.2) is 0 Å². The standard InChI is InChI=1S/C14H17FN4O/c1-9-10(8-18-19-9)3-2-6-17-14(20)12-7-11(15)4-5-13(12)16/h4-5,7-8H,2-3,6,16H2,1H3,(H,17,20)(H,18,19). The molecular formula is C14H17FN4O. The lowest BCUT2D eigenvalue weighted by Crippen LogP contribution is -2.25. The zero-order valence-electron chi connectivity index (χ0n) is 11.2. The molecule has 6 heteroatoms. The highest BCUT2D eigenvalue weighted by atomic mass is 19.1. The third-order valence-electron chi connectivity index (χ3n) is 3.10. The van der Waals surface area contributed by atoms with Crippen LogP contribution in [0.3, 0.4) is 0 Å². The smallest absolute Gasteiger partial charge is 0.253 e. The number of benzene rings is 1. The first-order chi connectivity index (χ1) is 9.58. The third-order valence-corrected chi connectivity index (χ3v) is 3.10. The Morgan fingerprint density at radius 2 is 2.30 bits per heavy atom. The van der Waals surface area contributed by atoms with Crippen LogP contribution in [0.1, 0.15) is 28.0 Å². The van der Waals surface area contributed by atoms with Crippen molar-refractivity contribution in [1.29, 1.82) is 0 Å². The van der Waals surface area contributed by atoms with Crippen molar-refractivity contribution >= 4 is 11.6 Å². The molecule has 0 fully saturated rings. The zero-order valence-corrected chi connectivity index (χ0v) is 11.2. The Balaban J connectivity index is 1.83. The fourth-order valence-electron chi connectivity index (χ4n) is 1.93. The second-order valence-electron chi connectivity index (χ2n) is 4.61. The molecule has 0 radical (unpaired) electrons. The van der Waals surface area contributed by atoms with Gasteiger partial charge in [-0.3, -0.25) is 9.89 Å². The Morgan fingerprint density at radius 3 is 3.00 bits per heavy atom. The summed E-state index contributed by atoms with van der Waals surface area (Å²) in [7, 11) is 0. The minimum Gasteiger partial charge on any atom is -0.398 e. The molecule has 0 atom stereocenters. The van der Waals surface area contributed by atoms with E-state index in [1.165, 1.54) is 12.1 Å². The van der Waals surface area contributed by atoms with Crippen molar-refractivity contribution in [3.05, 3.63) is 47.0 Å². The number of rotatable bonds is 5. The Morgan fingerprint density at radius 1 is 1.50 bits per heavy atom. The van der Waals surface area contributed by atoms with Crippen molar-refractivity contribution in [1.82, 2.24) is 15.5 Å². The molecule has 5 nitrogen and oxygen atoms in total. The van der Waals surface area contributed by atoms with Crippen LogP contribution in [0.25, 0.3) is 0 Å². The minimum absolute atomic E-state index is 0.171. The number of halogens is 1. The number of hydrogen-bond donors (Lipinski definition) is 3. The number of nitrogen functional groups attached to an aromatic ring is 1. The highest BCUT2D eigenvalue weighted by molar-refractivity contribution is 5.99. The van der Waals surface area contributed by atoms with E-state index in [9.17, 15) is 9.18 Å². The largest absolute Gasteiger partial charge is 0.398 e. The number of aryl methyl sites for hydroxylation is 2. The summed E-state index contributed by atoms with van der Waals surface area (Å²) in [6, 6.07) is 3.76. The van der Waals surface area contributed by atoms with Crippen molar-refractivity contribution in [2.45, 2.75) is 19.8 Å². The molecule has 0 bridgehead atoms. The number of nitrogens with zero attached hydrogens (tertiary/aromatic N) is 1. The van der Waals surface area contributed by atoms with Crippen LogP contribution in [0.4, 0.5) is 10.1 Å². The van der Waals surface area contributed by atoms with E-state index in [4.69, 9.17) is 5.73 Å². The number of amides is 1. The molecule has 0 unspecified atom stereocenters. The summed E-state index contributed by atoms with van der Waals surface area (Å²) >= 11 is 0. The molecule has 0 saturated heterocycles. The first-order valence-electron chi connectivity index (χ1n) is 6.40. The second kappa shape index (κ2) is 6.18. The van der Waals surface area contributed by atoms with Gasteiger partial charge in [-0.2, -0.15) is 5.10 Å². The van der Waals surface area contributed by atoms with Crippen LogP contribution < -0.4 is 11.1 Å². The fraction of sp³-hybridized carbons (Fsp3) is 0.286. The molecule has 0 aliphatic heterocycles. The van der Waals surface area contributed by atoms with Gasteiger partial charge in [-0.25, -0.2) is 4.39 Å². The quantitative estimate of drug-likeness (QED) is 0.575. The molecule has 20 heavy (non-hydrogen) atoms. The average molecular weight is 276 g/mol. The Kier molecular flexibility index (Phi) is 4.34. The van der Waals surface area contributed by atoms with Crippen LogP contribution in [0, 0.1) is 12.7 Å². The second-order valence-corrected chi connectivity index (χ2v) is 4.61. The van der Waals surface area contributed by atoms with E-state index in [1.807, 2.05) is 6.92 Å². The molecule has 1 heterocycles. The highest BCUT2D eigenvalue weighted by Gasteiger charge is 2.10. The number of aromatic nitrogens is 2. The molecule has 4 N–H and O–H groups in total. The van der Waals surface area contributed by atoms with Gasteiger partial charge in [0, 0.05) is 17.9 Å². The predicted octanol–water partition coefficient (Wildman–Crippen LogP) is 1.80. The Bertz CT molecular complexity index is 609. The summed E-state index contributed by atoms with van der Waals surface area (Å²) in [4.78, 5) is 11.9. The number of carbonyl (C=O) groups excluding carboxylic acids is 1. The summed E-state index contributed by atoms with van der Waals surface area (Å²) in [6.07, 6.45) is 3.38. The van der Waals surface area contributed by atoms with E-state index < -0.39 is 5.82 Å². The van der Waals surface area contributed by atoms with Crippen LogP contribution in [0.2, 0.25) is 0 Å². The average Bonchev–Trinajstić information content (AvgIpc) is 2.83. The van der Waals surface area contributed by atoms with Gasteiger partial charge in [0.25, 0.3) is 5.91 Å². The number of nitrogens with two attached hydrogens (primary N) is 1. The van der Waals surface area contributed by atoms with Crippen LogP contribution in [0.5, 0.6) is 0 Å². The third kappa shape index (κ3) is 3.34. The van der Waals surface area contributed by atoms with Crippen molar-refractivity contribution in [2.24, 2.45) is 0 Å². The molecule has 0 saturated carbocycles. The number of carbonyl (C=O) groups is 1. The lowest BCUT2D eigenvalue weighted by Gasteiger charge is -2.07. The Labute approximate surface area is 116 Å². The predicted molar refractivity (Wildman–Crippen MR) is 74.8 cm³/mol. The summed E-state index contributed by atoms with van der Waals surface area (Å²) in [5.74, 6) is -0.829. The van der Waals surface area contributed by atoms with E-state index in [0.717, 1.165) is 30.2 Å². The van der Waals surface area contributed by atoms with Gasteiger partial charge in [-0.15, -0.1) is 0 Å². The van der Waals surface area contributed by atoms with Crippen LogP contribution in [-0.4, -0.2) is 22.6 Å². The molecule has 1 aromatic heterocycles. The molecule has 106 valence electrons. The topological polar surface area (TPSA) is 83.8 Å². The van der Waals surface area contributed by atoms with E-state index in [-0.39, 0.29) is 17.2 Å². The SMILES string of the molecule is Cc1[nH]ncc1CCCNC(=O)c1cc(F)ccc1N. The molecule has 1 amide bonds. The summed E-state index contributed by atoms with van der Waals surface area (Å²) in [6.45, 7) is 2.45. The fourth-order valence-corrected chi connectivity index (χ4v) is 1.93. The van der Waals surface area contributed by atoms with Crippen molar-refractivity contribution < 1.29 is 9.18 Å². The van der Waals surface area contributed by atoms with Crippen LogP contribution >= 0.6 is 0 Å². The zero-order chi connectivity index (χ0) is 14.5. The maximum Gasteiger partial charge on any atom is 0.253 e. The molecule has 0 aliphatic carbocycles. The lowest BCUT2D eigenvalue weighted by molar-refractivity contribution is 0.0953. The van der Waals surface area contributed by atoms with E-state index in [1.54, 1.807) is 6.20 Å². The van der Waals surface area contributed by atoms with Gasteiger partial charge in [-0.05, 0) is 43.5 Å². The number of anilines is 1. The number of aromatic amines is 1. The summed E-state index contributed by atoms with van der Waals surface area (Å²) < 4.78 is 13.1. The van der Waals surface area contributed by atoms with Crippen LogP contribution in [-0.2, 0) is 6.42 Å². The normalized spacial score (nSPS) is 10.5. The van der Waals surface area contributed by atoms with Crippen molar-refractivity contribution in [2.75, 3.05) is 12.3 Å². The summed E-state index contributed by atoms with van der Waals surface area (Å²) in [5.41, 5.74) is 8.26. The molecular weight excluding hydrogens is 259 g/mol. The van der Waals surface area contributed by atoms with E-state index >= 15 is 0 Å². The number of hydrogen-bond acceptors (Lipinski definition) is 3. The first kappa shape index (κ1) is 14.0. The van der Waals surface area contributed by atoms with E-state index in [0.29, 0.717) is 6.54 Å². The van der Waals surface area contributed by atoms with Gasteiger partial charge >= 0.3 is 0 Å². The maximum absolute atomic E-state index is 13.1. The van der Waals surface area contributed by atoms with E-state index in [2.05, 4.69) is 15.5 Å². The van der Waals surface area contributed by atoms with Gasteiger partial charge in [0.05, 0.1) is 11.8 Å². The molecule has 2 rings (SSSR count). The van der Waals surface area contributed by atoms with Gasteiger partial charge in [0.2, 0.25) is 0 Å². The van der Waals surface area contributed by atoms with Gasteiger partial charge < -0.3 is 11.1 Å². The van der Waals surface area contributed by atoms with Crippen molar-refractivity contribution in [3.8, 4) is 0 Å². The molecule has 0 spiro atoms. The van der Waals surface area contributed by atoms with Gasteiger partial charge in [-0.1, -0.05) is 0 Å². The highest BCUT2D eigenvalue weighted by Crippen LogP contribution is 2.13. The summed E-state index contributed by atoms with van der Waals surface area (Å²) in [5, 5.41) is 9.53. The van der Waals surface area contributed by atoms with Crippen molar-refractivity contribution in [3.63, 3.8) is 0 Å². The molecule has 0 aliphatic rings. The molecule has 1 aromatic carbocycles. The first-order valence-corrected chi connectivity index (χ1v) is 6.40. The number of H-pyrrole nitrogens is 1. The maximum atomic E-state index is 13.1. The number of nitrogens with one attached hydrogen (secondary N) is 2. The van der Waals surface area contributed by atoms with Crippen LogP contribution in [0.15, 0.2) is 24.4 Å². The van der Waals surface area contributed by atoms with Gasteiger partial charge in [0.1, 0.15) is 5.82 Å². The molecule has 2 aromatic rings. The minimum atomic E-state index is -0.474. The monoisotopic (exact) mass is 276 g/mol. The Hall–Kier alpha value is -2.37.